The van der Waals surface area contributed by atoms with Crippen LogP contribution >= 0.6 is 0 Å². The molecule has 0 N–H and O–H groups in total. The Kier molecular flexibility index (Phi) is 4.84. The zero-order valence-electron chi connectivity index (χ0n) is 13.3. The number of hydrogen-bond donors (Lipinski definition) is 0. The maximum Gasteiger partial charge on any atom is 0.316 e. The van der Waals surface area contributed by atoms with Crippen LogP contribution in [0.3, 0.4) is 0 Å². The van der Waals surface area contributed by atoms with E-state index in [2.05, 4.69) is 9.97 Å². The highest BCUT2D eigenvalue weighted by Crippen LogP contribution is 2.36. The summed E-state index contributed by atoms with van der Waals surface area (Å²) >= 11 is 0. The number of rotatable bonds is 5. The number of sulfonamides is 1. The maximum atomic E-state index is 12.3. The second kappa shape index (κ2) is 6.70. The molecule has 0 bridgehead atoms. The number of piperidine rings is 1. The minimum atomic E-state index is -3.19. The van der Waals surface area contributed by atoms with Crippen LogP contribution in [0.4, 0.5) is 0 Å². The van der Waals surface area contributed by atoms with Crippen molar-refractivity contribution < 1.29 is 17.9 Å². The van der Waals surface area contributed by atoms with Crippen molar-refractivity contribution in [2.75, 3.05) is 25.4 Å². The van der Waals surface area contributed by atoms with Crippen molar-refractivity contribution in [2.24, 2.45) is 0 Å². The Hall–Kier alpha value is -1.25. The quantitative estimate of drug-likeness (QED) is 0.801. The third kappa shape index (κ3) is 3.81. The molecule has 7 nitrogen and oxygen atoms in total. The van der Waals surface area contributed by atoms with Gasteiger partial charge in [-0.1, -0.05) is 6.92 Å². The van der Waals surface area contributed by atoms with Gasteiger partial charge in [0.15, 0.2) is 0 Å². The molecule has 2 saturated heterocycles. The molecule has 1 spiro atoms. The highest BCUT2D eigenvalue weighted by Gasteiger charge is 2.46. The van der Waals surface area contributed by atoms with Crippen molar-refractivity contribution >= 4 is 10.0 Å². The Morgan fingerprint density at radius 3 is 2.96 bits per heavy atom. The van der Waals surface area contributed by atoms with Crippen LogP contribution in [0.15, 0.2) is 18.5 Å². The van der Waals surface area contributed by atoms with Crippen LogP contribution < -0.4 is 4.74 Å². The predicted molar refractivity (Wildman–Crippen MR) is 84.6 cm³/mol. The molecule has 2 aliphatic heterocycles. The number of ether oxygens (including phenoxy) is 2. The molecule has 0 aromatic carbocycles. The van der Waals surface area contributed by atoms with Gasteiger partial charge in [-0.15, -0.1) is 0 Å². The molecule has 128 valence electrons. The van der Waals surface area contributed by atoms with Crippen LogP contribution in [0.2, 0.25) is 0 Å². The van der Waals surface area contributed by atoms with E-state index in [1.165, 1.54) is 0 Å². The second-order valence-electron chi connectivity index (χ2n) is 6.22. The van der Waals surface area contributed by atoms with Gasteiger partial charge in [0, 0.05) is 31.9 Å². The topological polar surface area (TPSA) is 81.6 Å². The molecule has 2 fully saturated rings. The molecular weight excluding hydrogens is 318 g/mol. The van der Waals surface area contributed by atoms with Gasteiger partial charge in [-0.2, -0.15) is 4.31 Å². The Labute approximate surface area is 137 Å². The van der Waals surface area contributed by atoms with Crippen molar-refractivity contribution in [3.05, 3.63) is 18.5 Å². The van der Waals surface area contributed by atoms with E-state index >= 15 is 0 Å². The van der Waals surface area contributed by atoms with Crippen molar-refractivity contribution in [2.45, 2.75) is 44.3 Å². The van der Waals surface area contributed by atoms with E-state index in [0.717, 1.165) is 12.8 Å². The molecule has 2 atom stereocenters. The fourth-order valence-corrected chi connectivity index (χ4v) is 4.95. The van der Waals surface area contributed by atoms with Gasteiger partial charge in [0.2, 0.25) is 10.0 Å². The molecule has 1 aromatic rings. The Morgan fingerprint density at radius 1 is 1.43 bits per heavy atom. The summed E-state index contributed by atoms with van der Waals surface area (Å²) in [5.74, 6) is 0.195. The van der Waals surface area contributed by atoms with E-state index in [-0.39, 0.29) is 11.9 Å². The van der Waals surface area contributed by atoms with Crippen LogP contribution in [-0.2, 0) is 14.8 Å². The number of nitrogens with zero attached hydrogens (tertiary/aromatic N) is 3. The molecule has 0 aliphatic carbocycles. The van der Waals surface area contributed by atoms with Crippen molar-refractivity contribution in [1.29, 1.82) is 0 Å². The van der Waals surface area contributed by atoms with Crippen LogP contribution in [-0.4, -0.2) is 59.8 Å². The fraction of sp³-hybridized carbons (Fsp3) is 0.733. The highest BCUT2D eigenvalue weighted by atomic mass is 32.2. The molecule has 3 rings (SSSR count). The van der Waals surface area contributed by atoms with Gasteiger partial charge in [-0.05, 0) is 25.3 Å². The molecule has 23 heavy (non-hydrogen) atoms. The van der Waals surface area contributed by atoms with E-state index in [1.54, 1.807) is 22.8 Å². The largest absolute Gasteiger partial charge is 0.458 e. The summed E-state index contributed by atoms with van der Waals surface area (Å²) in [4.78, 5) is 8.12. The van der Waals surface area contributed by atoms with Gasteiger partial charge in [-0.3, -0.25) is 0 Å². The van der Waals surface area contributed by atoms with E-state index in [1.807, 2.05) is 6.92 Å². The van der Waals surface area contributed by atoms with Gasteiger partial charge in [-0.25, -0.2) is 18.4 Å². The molecule has 1 aromatic heterocycles. The lowest BCUT2D eigenvalue weighted by atomic mass is 9.90. The summed E-state index contributed by atoms with van der Waals surface area (Å²) in [5, 5.41) is 0. The maximum absolute atomic E-state index is 12.3. The summed E-state index contributed by atoms with van der Waals surface area (Å²) in [5.41, 5.74) is -0.432. The highest BCUT2D eigenvalue weighted by molar-refractivity contribution is 7.89. The molecular formula is C15H23N3O4S. The third-order valence-electron chi connectivity index (χ3n) is 4.35. The molecule has 0 saturated carbocycles. The van der Waals surface area contributed by atoms with Crippen LogP contribution in [0.5, 0.6) is 6.01 Å². The lowest BCUT2D eigenvalue weighted by Gasteiger charge is -2.38. The Morgan fingerprint density at radius 2 is 2.22 bits per heavy atom. The standard InChI is InChI=1S/C15H23N3O4S/c1-2-9-23(19,20)18-8-3-5-15(12-18)10-13(11-21-15)22-14-16-6-4-7-17-14/h4,6-7,13H,2-3,5,8-12H2,1H3/t13-,15-/m1/s1. The predicted octanol–water partition coefficient (Wildman–Crippen LogP) is 1.22. The SMILES string of the molecule is CCCS(=O)(=O)N1CCC[C@@]2(C[C@@H](Oc3ncccn3)CO2)C1. The first kappa shape index (κ1) is 16.6. The molecule has 0 unspecified atom stereocenters. The first-order valence-electron chi connectivity index (χ1n) is 8.08. The van der Waals surface area contributed by atoms with E-state index in [4.69, 9.17) is 9.47 Å². The van der Waals surface area contributed by atoms with E-state index in [0.29, 0.717) is 38.5 Å². The van der Waals surface area contributed by atoms with Gasteiger partial charge >= 0.3 is 6.01 Å². The summed E-state index contributed by atoms with van der Waals surface area (Å²) in [7, 11) is -3.19. The average molecular weight is 341 g/mol. The molecule has 0 radical (unpaired) electrons. The Bertz CT molecular complexity index is 625. The zero-order chi connectivity index (χ0) is 16.3. The zero-order valence-corrected chi connectivity index (χ0v) is 14.2. The van der Waals surface area contributed by atoms with Crippen LogP contribution in [0.25, 0.3) is 0 Å². The lowest BCUT2D eigenvalue weighted by molar-refractivity contribution is -0.0339. The second-order valence-corrected chi connectivity index (χ2v) is 8.31. The van der Waals surface area contributed by atoms with Crippen LogP contribution in [0.1, 0.15) is 32.6 Å². The summed E-state index contributed by atoms with van der Waals surface area (Å²) < 4.78 is 38.0. The Balaban J connectivity index is 1.64. The minimum Gasteiger partial charge on any atom is -0.458 e. The first-order valence-corrected chi connectivity index (χ1v) is 9.69. The first-order chi connectivity index (χ1) is 11.0. The minimum absolute atomic E-state index is 0.133. The molecule has 2 aliphatic rings. The normalized spacial score (nSPS) is 29.0. The summed E-state index contributed by atoms with van der Waals surface area (Å²) in [6.45, 7) is 3.33. The van der Waals surface area contributed by atoms with Gasteiger partial charge in [0.05, 0.1) is 18.0 Å². The van der Waals surface area contributed by atoms with E-state index < -0.39 is 15.6 Å². The summed E-state index contributed by atoms with van der Waals surface area (Å²) in [6.07, 6.45) is 6.11. The van der Waals surface area contributed by atoms with Crippen LogP contribution in [0, 0.1) is 0 Å². The number of hydrogen-bond acceptors (Lipinski definition) is 6. The van der Waals surface area contributed by atoms with Gasteiger partial charge in [0.1, 0.15) is 6.10 Å². The monoisotopic (exact) mass is 341 g/mol. The molecule has 3 heterocycles. The smallest absolute Gasteiger partial charge is 0.316 e. The molecule has 8 heteroatoms. The molecule has 0 amide bonds. The number of aromatic nitrogens is 2. The van der Waals surface area contributed by atoms with Crippen molar-refractivity contribution in [3.63, 3.8) is 0 Å². The average Bonchev–Trinajstić information content (AvgIpc) is 2.90. The van der Waals surface area contributed by atoms with Gasteiger partial charge < -0.3 is 9.47 Å². The van der Waals surface area contributed by atoms with Crippen molar-refractivity contribution in [3.8, 4) is 6.01 Å². The third-order valence-corrected chi connectivity index (χ3v) is 6.37. The lowest BCUT2D eigenvalue weighted by Crippen LogP contribution is -2.50. The van der Waals surface area contributed by atoms with E-state index in [9.17, 15) is 8.42 Å². The summed E-state index contributed by atoms with van der Waals surface area (Å²) in [6, 6.07) is 2.07. The van der Waals surface area contributed by atoms with Crippen molar-refractivity contribution in [1.82, 2.24) is 14.3 Å². The fourth-order valence-electron chi connectivity index (χ4n) is 3.34. The van der Waals surface area contributed by atoms with Gasteiger partial charge in [0.25, 0.3) is 0 Å².